The van der Waals surface area contributed by atoms with Crippen LogP contribution in [0.1, 0.15) is 65.2 Å². The summed E-state index contributed by atoms with van der Waals surface area (Å²) >= 11 is 0. The molecule has 0 bridgehead atoms. The predicted molar refractivity (Wildman–Crippen MR) is 117 cm³/mol. The Morgan fingerprint density at radius 1 is 1.04 bits per heavy atom. The van der Waals surface area contributed by atoms with E-state index in [9.17, 15) is 8.42 Å². The third-order valence-corrected chi connectivity index (χ3v) is 5.86. The second-order valence-electron chi connectivity index (χ2n) is 6.49. The van der Waals surface area contributed by atoms with Crippen molar-refractivity contribution >= 4 is 40.0 Å². The van der Waals surface area contributed by atoms with Crippen LogP contribution < -0.4 is 15.4 Å². The van der Waals surface area contributed by atoms with Crippen LogP contribution in [0.4, 0.5) is 0 Å². The highest BCUT2D eigenvalue weighted by molar-refractivity contribution is 14.0. The Balaban J connectivity index is 0.00000576. The van der Waals surface area contributed by atoms with Crippen LogP contribution in [-0.4, -0.2) is 46.3 Å². The molecule has 1 saturated carbocycles. The van der Waals surface area contributed by atoms with Crippen molar-refractivity contribution in [2.45, 2.75) is 65.2 Å². The lowest BCUT2D eigenvalue weighted by atomic mass is 9.86. The van der Waals surface area contributed by atoms with E-state index >= 15 is 0 Å². The van der Waals surface area contributed by atoms with Gasteiger partial charge in [-0.25, -0.2) is 13.1 Å². The van der Waals surface area contributed by atoms with Gasteiger partial charge in [-0.2, -0.15) is 0 Å². The van der Waals surface area contributed by atoms with Crippen LogP contribution in [0.5, 0.6) is 0 Å². The van der Waals surface area contributed by atoms with Gasteiger partial charge in [-0.05, 0) is 39.0 Å². The molecule has 0 amide bonds. The average Bonchev–Trinajstić information content (AvgIpc) is 2.59. The Kier molecular flexibility index (Phi) is 15.0. The number of aliphatic imine (C=N–C) groups is 1. The molecule has 0 aromatic heterocycles. The van der Waals surface area contributed by atoms with E-state index in [-0.39, 0.29) is 29.7 Å². The molecule has 150 valence electrons. The van der Waals surface area contributed by atoms with Crippen LogP contribution >= 0.6 is 24.0 Å². The predicted octanol–water partition coefficient (Wildman–Crippen LogP) is 2.85. The highest BCUT2D eigenvalue weighted by atomic mass is 127. The Morgan fingerprint density at radius 3 is 2.40 bits per heavy atom. The van der Waals surface area contributed by atoms with Crippen molar-refractivity contribution in [2.24, 2.45) is 10.9 Å². The number of hydrogen-bond donors (Lipinski definition) is 3. The van der Waals surface area contributed by atoms with E-state index in [4.69, 9.17) is 0 Å². The smallest absolute Gasteiger partial charge is 0.211 e. The van der Waals surface area contributed by atoms with Gasteiger partial charge in [0.1, 0.15) is 0 Å². The molecule has 0 spiro atoms. The number of guanidine groups is 1. The molecule has 25 heavy (non-hydrogen) atoms. The molecule has 8 heteroatoms. The Hall–Kier alpha value is -0.0900. The fourth-order valence-electron chi connectivity index (χ4n) is 3.01. The van der Waals surface area contributed by atoms with Gasteiger partial charge in [0.15, 0.2) is 5.96 Å². The molecule has 0 aromatic rings. The van der Waals surface area contributed by atoms with E-state index < -0.39 is 10.0 Å². The Labute approximate surface area is 171 Å². The number of hydrogen-bond acceptors (Lipinski definition) is 3. The lowest BCUT2D eigenvalue weighted by Gasteiger charge is -2.21. The van der Waals surface area contributed by atoms with Gasteiger partial charge in [-0.3, -0.25) is 4.99 Å². The highest BCUT2D eigenvalue weighted by Gasteiger charge is 2.12. The first-order valence-electron chi connectivity index (χ1n) is 9.57. The van der Waals surface area contributed by atoms with Crippen molar-refractivity contribution in [3.05, 3.63) is 0 Å². The number of sulfonamides is 1. The van der Waals surface area contributed by atoms with Crippen LogP contribution in [-0.2, 0) is 10.0 Å². The summed E-state index contributed by atoms with van der Waals surface area (Å²) in [7, 11) is -3.09. The van der Waals surface area contributed by atoms with Crippen LogP contribution in [0.2, 0.25) is 0 Å². The lowest BCUT2D eigenvalue weighted by Crippen LogP contribution is -2.38. The van der Waals surface area contributed by atoms with Crippen molar-refractivity contribution in [1.29, 1.82) is 0 Å². The normalized spacial score (nSPS) is 16.3. The number of rotatable bonds is 11. The fourth-order valence-corrected chi connectivity index (χ4v) is 3.67. The average molecular weight is 488 g/mol. The first kappa shape index (κ1) is 24.9. The molecule has 1 rings (SSSR count). The maximum Gasteiger partial charge on any atom is 0.211 e. The van der Waals surface area contributed by atoms with Crippen molar-refractivity contribution in [2.75, 3.05) is 31.9 Å². The molecule has 3 N–H and O–H groups in total. The standard InChI is InChI=1S/C17H36N4O2S.HI/c1-3-18-17(20-14-9-15-21-24(22,23)4-2)19-13-8-12-16-10-6-5-7-11-16;/h16,21H,3-15H2,1-2H3,(H2,18,19,20);1H. The maximum atomic E-state index is 11.3. The summed E-state index contributed by atoms with van der Waals surface area (Å²) in [4.78, 5) is 4.50. The maximum absolute atomic E-state index is 11.3. The zero-order valence-electron chi connectivity index (χ0n) is 15.8. The molecule has 0 atom stereocenters. The summed E-state index contributed by atoms with van der Waals surface area (Å²) in [5.41, 5.74) is 0. The van der Waals surface area contributed by atoms with E-state index in [1.165, 1.54) is 44.9 Å². The van der Waals surface area contributed by atoms with Gasteiger partial charge in [0.05, 0.1) is 5.75 Å². The molecule has 0 aliphatic heterocycles. The first-order valence-corrected chi connectivity index (χ1v) is 11.2. The largest absolute Gasteiger partial charge is 0.357 e. The zero-order chi connectivity index (χ0) is 17.7. The molecular formula is C17H37IN4O2S. The first-order chi connectivity index (χ1) is 11.6. The number of halogens is 1. The van der Waals surface area contributed by atoms with Crippen LogP contribution in [0.3, 0.4) is 0 Å². The topological polar surface area (TPSA) is 82.6 Å². The summed E-state index contributed by atoms with van der Waals surface area (Å²) in [6, 6.07) is 0. The highest BCUT2D eigenvalue weighted by Crippen LogP contribution is 2.26. The van der Waals surface area contributed by atoms with E-state index in [1.807, 2.05) is 0 Å². The van der Waals surface area contributed by atoms with Crippen molar-refractivity contribution < 1.29 is 8.42 Å². The van der Waals surface area contributed by atoms with Gasteiger partial charge in [0, 0.05) is 26.2 Å². The fraction of sp³-hybridized carbons (Fsp3) is 0.941. The van der Waals surface area contributed by atoms with Crippen LogP contribution in [0, 0.1) is 5.92 Å². The third-order valence-electron chi connectivity index (χ3n) is 4.46. The van der Waals surface area contributed by atoms with E-state index in [2.05, 4.69) is 27.3 Å². The van der Waals surface area contributed by atoms with Gasteiger partial charge in [0.25, 0.3) is 0 Å². The molecule has 0 saturated heterocycles. The summed E-state index contributed by atoms with van der Waals surface area (Å²) in [6.07, 6.45) is 10.2. The minimum Gasteiger partial charge on any atom is -0.357 e. The zero-order valence-corrected chi connectivity index (χ0v) is 19.0. The minimum atomic E-state index is -3.09. The summed E-state index contributed by atoms with van der Waals surface area (Å²) in [5.74, 6) is 1.88. The SMILES string of the molecule is CCNC(=NCCCNS(=O)(=O)CC)NCCCC1CCCCC1.I. The van der Waals surface area contributed by atoms with Crippen LogP contribution in [0.15, 0.2) is 4.99 Å². The summed E-state index contributed by atoms with van der Waals surface area (Å²) < 4.78 is 25.2. The molecule has 0 radical (unpaired) electrons. The quantitative estimate of drug-likeness (QED) is 0.181. The summed E-state index contributed by atoms with van der Waals surface area (Å²) in [5, 5.41) is 6.62. The van der Waals surface area contributed by atoms with E-state index in [0.29, 0.717) is 19.5 Å². The molecule has 1 fully saturated rings. The minimum absolute atomic E-state index is 0. The second-order valence-corrected chi connectivity index (χ2v) is 8.58. The third kappa shape index (κ3) is 12.8. The monoisotopic (exact) mass is 488 g/mol. The van der Waals surface area contributed by atoms with Crippen molar-refractivity contribution in [3.8, 4) is 0 Å². The Morgan fingerprint density at radius 2 is 1.76 bits per heavy atom. The summed E-state index contributed by atoms with van der Waals surface area (Å²) in [6.45, 7) is 6.53. The van der Waals surface area contributed by atoms with Gasteiger partial charge in [0.2, 0.25) is 10.0 Å². The lowest BCUT2D eigenvalue weighted by molar-refractivity contribution is 0.332. The molecule has 1 aliphatic rings. The van der Waals surface area contributed by atoms with Gasteiger partial charge in [-0.15, -0.1) is 24.0 Å². The molecule has 0 aromatic carbocycles. The molecule has 6 nitrogen and oxygen atoms in total. The molecule has 0 heterocycles. The molecule has 1 aliphatic carbocycles. The van der Waals surface area contributed by atoms with Gasteiger partial charge >= 0.3 is 0 Å². The van der Waals surface area contributed by atoms with E-state index in [0.717, 1.165) is 25.0 Å². The van der Waals surface area contributed by atoms with Gasteiger partial charge in [-0.1, -0.05) is 32.1 Å². The van der Waals surface area contributed by atoms with Crippen molar-refractivity contribution in [1.82, 2.24) is 15.4 Å². The number of nitrogens with one attached hydrogen (secondary N) is 3. The second kappa shape index (κ2) is 15.0. The molecular weight excluding hydrogens is 451 g/mol. The number of nitrogens with zero attached hydrogens (tertiary/aromatic N) is 1. The van der Waals surface area contributed by atoms with Crippen molar-refractivity contribution in [3.63, 3.8) is 0 Å². The molecule has 0 unspecified atom stereocenters. The Bertz CT molecular complexity index is 452. The van der Waals surface area contributed by atoms with Gasteiger partial charge < -0.3 is 10.6 Å². The van der Waals surface area contributed by atoms with Crippen LogP contribution in [0.25, 0.3) is 0 Å². The van der Waals surface area contributed by atoms with E-state index in [1.54, 1.807) is 6.92 Å².